The number of aliphatic imine (C=N–C) groups is 1. The predicted octanol–water partition coefficient (Wildman–Crippen LogP) is 1.67. The topological polar surface area (TPSA) is 46.6 Å². The Kier molecular flexibility index (Phi) is 8.63. The lowest BCUT2D eigenvalue weighted by molar-refractivity contribution is 0.140. The first-order chi connectivity index (χ1) is 14.6. The van der Waals surface area contributed by atoms with E-state index in [1.807, 2.05) is 6.07 Å². The molecule has 2 aliphatic rings. The molecule has 0 spiro atoms. The SMILES string of the molecule is CCNC(=NCC(C)CN1CCN(C)CC1)N1CCN(c2cccc(OC)c2)CC1. The van der Waals surface area contributed by atoms with Gasteiger partial charge in [-0.2, -0.15) is 0 Å². The van der Waals surface area contributed by atoms with Crippen molar-refractivity contribution in [2.45, 2.75) is 13.8 Å². The summed E-state index contributed by atoms with van der Waals surface area (Å²) < 4.78 is 5.38. The highest BCUT2D eigenvalue weighted by Crippen LogP contribution is 2.22. The van der Waals surface area contributed by atoms with Crippen molar-refractivity contribution >= 4 is 11.6 Å². The summed E-state index contributed by atoms with van der Waals surface area (Å²) in [5, 5.41) is 3.51. The molecule has 0 bridgehead atoms. The Morgan fingerprint density at radius 3 is 2.50 bits per heavy atom. The van der Waals surface area contributed by atoms with Gasteiger partial charge in [0, 0.05) is 83.7 Å². The fraction of sp³-hybridized carbons (Fsp3) is 0.696. The second-order valence-corrected chi connectivity index (χ2v) is 8.58. The number of benzene rings is 1. The minimum absolute atomic E-state index is 0.570. The highest BCUT2D eigenvalue weighted by atomic mass is 16.5. The van der Waals surface area contributed by atoms with Gasteiger partial charge < -0.3 is 29.7 Å². The summed E-state index contributed by atoms with van der Waals surface area (Å²) in [6.45, 7) is 16.1. The van der Waals surface area contributed by atoms with Crippen molar-refractivity contribution in [2.24, 2.45) is 10.9 Å². The fourth-order valence-corrected chi connectivity index (χ4v) is 4.18. The molecule has 1 aromatic carbocycles. The Morgan fingerprint density at radius 1 is 1.10 bits per heavy atom. The zero-order chi connectivity index (χ0) is 21.3. The number of likely N-dealkylation sites (N-methyl/N-ethyl adjacent to an activating group) is 1. The molecule has 0 saturated carbocycles. The van der Waals surface area contributed by atoms with Crippen molar-refractivity contribution in [3.8, 4) is 5.75 Å². The van der Waals surface area contributed by atoms with Gasteiger partial charge in [0.25, 0.3) is 0 Å². The van der Waals surface area contributed by atoms with Gasteiger partial charge in [0.2, 0.25) is 0 Å². The van der Waals surface area contributed by atoms with Gasteiger partial charge in [-0.3, -0.25) is 4.99 Å². The third-order valence-electron chi connectivity index (χ3n) is 6.05. The molecule has 30 heavy (non-hydrogen) atoms. The molecule has 3 rings (SSSR count). The molecule has 7 nitrogen and oxygen atoms in total. The number of rotatable bonds is 7. The van der Waals surface area contributed by atoms with Gasteiger partial charge in [-0.25, -0.2) is 0 Å². The molecular weight excluding hydrogens is 376 g/mol. The number of nitrogens with one attached hydrogen (secondary N) is 1. The first-order valence-electron chi connectivity index (χ1n) is 11.4. The standard InChI is InChI=1S/C23H40N6O/c1-5-24-23(25-18-20(2)19-27-11-9-26(3)10-12-27)29-15-13-28(14-16-29)21-7-6-8-22(17-21)30-4/h6-8,17,20H,5,9-16,18-19H2,1-4H3,(H,24,25). The van der Waals surface area contributed by atoms with E-state index in [0.29, 0.717) is 5.92 Å². The number of methoxy groups -OCH3 is 1. The van der Waals surface area contributed by atoms with Gasteiger partial charge in [0.1, 0.15) is 5.75 Å². The molecule has 2 aliphatic heterocycles. The Labute approximate surface area is 182 Å². The van der Waals surface area contributed by atoms with Crippen LogP contribution in [0.4, 0.5) is 5.69 Å². The second kappa shape index (κ2) is 11.4. The summed E-state index contributed by atoms with van der Waals surface area (Å²) in [6, 6.07) is 8.35. The lowest BCUT2D eigenvalue weighted by Crippen LogP contribution is -2.52. The van der Waals surface area contributed by atoms with Crippen molar-refractivity contribution in [2.75, 3.05) is 91.0 Å². The van der Waals surface area contributed by atoms with E-state index in [4.69, 9.17) is 9.73 Å². The fourth-order valence-electron chi connectivity index (χ4n) is 4.18. The summed E-state index contributed by atoms with van der Waals surface area (Å²) in [7, 11) is 3.93. The van der Waals surface area contributed by atoms with E-state index in [1.165, 1.54) is 31.9 Å². The Bertz CT molecular complexity index is 665. The highest BCUT2D eigenvalue weighted by molar-refractivity contribution is 5.80. The van der Waals surface area contributed by atoms with Crippen LogP contribution in [-0.4, -0.2) is 107 Å². The van der Waals surface area contributed by atoms with Gasteiger partial charge in [0.15, 0.2) is 5.96 Å². The summed E-state index contributed by atoms with van der Waals surface area (Å²) in [6.07, 6.45) is 0. The van der Waals surface area contributed by atoms with Gasteiger partial charge in [-0.15, -0.1) is 0 Å². The molecule has 2 saturated heterocycles. The molecule has 1 N–H and O–H groups in total. The normalized spacial score (nSPS) is 20.3. The smallest absolute Gasteiger partial charge is 0.194 e. The minimum Gasteiger partial charge on any atom is -0.497 e. The van der Waals surface area contributed by atoms with Gasteiger partial charge >= 0.3 is 0 Å². The third-order valence-corrected chi connectivity index (χ3v) is 6.05. The molecule has 0 aromatic heterocycles. The van der Waals surface area contributed by atoms with Crippen molar-refractivity contribution in [3.05, 3.63) is 24.3 Å². The molecular formula is C23H40N6O. The van der Waals surface area contributed by atoms with Crippen LogP contribution >= 0.6 is 0 Å². The van der Waals surface area contributed by atoms with Crippen LogP contribution in [-0.2, 0) is 0 Å². The van der Waals surface area contributed by atoms with Crippen molar-refractivity contribution in [1.29, 1.82) is 0 Å². The van der Waals surface area contributed by atoms with Gasteiger partial charge in [-0.05, 0) is 32.0 Å². The monoisotopic (exact) mass is 416 g/mol. The quantitative estimate of drug-likeness (QED) is 0.539. The van der Waals surface area contributed by atoms with E-state index >= 15 is 0 Å². The van der Waals surface area contributed by atoms with Crippen LogP contribution < -0.4 is 15.0 Å². The number of guanidine groups is 1. The number of ether oxygens (including phenoxy) is 1. The van der Waals surface area contributed by atoms with Crippen molar-refractivity contribution < 1.29 is 4.74 Å². The zero-order valence-corrected chi connectivity index (χ0v) is 19.3. The Morgan fingerprint density at radius 2 is 1.83 bits per heavy atom. The first-order valence-corrected chi connectivity index (χ1v) is 11.4. The van der Waals surface area contributed by atoms with Crippen LogP contribution in [0.2, 0.25) is 0 Å². The third kappa shape index (κ3) is 6.51. The summed E-state index contributed by atoms with van der Waals surface area (Å²) in [5.41, 5.74) is 1.23. The van der Waals surface area contributed by atoms with Crippen LogP contribution in [0.5, 0.6) is 5.75 Å². The van der Waals surface area contributed by atoms with E-state index in [2.05, 4.69) is 64.0 Å². The van der Waals surface area contributed by atoms with Crippen molar-refractivity contribution in [1.82, 2.24) is 20.0 Å². The molecule has 2 fully saturated rings. The largest absolute Gasteiger partial charge is 0.497 e. The molecule has 1 unspecified atom stereocenters. The lowest BCUT2D eigenvalue weighted by Gasteiger charge is -2.38. The number of piperazine rings is 2. The van der Waals surface area contributed by atoms with Crippen LogP contribution in [0.25, 0.3) is 0 Å². The molecule has 0 amide bonds. The molecule has 2 heterocycles. The summed E-state index contributed by atoms with van der Waals surface area (Å²) >= 11 is 0. The van der Waals surface area contributed by atoms with E-state index in [0.717, 1.165) is 57.5 Å². The van der Waals surface area contributed by atoms with E-state index in [-0.39, 0.29) is 0 Å². The van der Waals surface area contributed by atoms with E-state index in [9.17, 15) is 0 Å². The second-order valence-electron chi connectivity index (χ2n) is 8.58. The number of anilines is 1. The minimum atomic E-state index is 0.570. The zero-order valence-electron chi connectivity index (χ0n) is 19.3. The molecule has 1 aromatic rings. The van der Waals surface area contributed by atoms with E-state index < -0.39 is 0 Å². The van der Waals surface area contributed by atoms with Crippen LogP contribution in [0.15, 0.2) is 29.3 Å². The maximum Gasteiger partial charge on any atom is 0.194 e. The molecule has 168 valence electrons. The van der Waals surface area contributed by atoms with E-state index in [1.54, 1.807) is 7.11 Å². The maximum atomic E-state index is 5.38. The maximum absolute atomic E-state index is 5.38. The average molecular weight is 417 g/mol. The van der Waals surface area contributed by atoms with Crippen LogP contribution in [0, 0.1) is 5.92 Å². The Balaban J connectivity index is 1.50. The van der Waals surface area contributed by atoms with Gasteiger partial charge in [0.05, 0.1) is 7.11 Å². The van der Waals surface area contributed by atoms with Gasteiger partial charge in [-0.1, -0.05) is 13.0 Å². The number of hydrogen-bond acceptors (Lipinski definition) is 5. The number of hydrogen-bond donors (Lipinski definition) is 1. The van der Waals surface area contributed by atoms with Crippen LogP contribution in [0.1, 0.15) is 13.8 Å². The Hall–Kier alpha value is -1.99. The highest BCUT2D eigenvalue weighted by Gasteiger charge is 2.21. The molecule has 7 heteroatoms. The van der Waals surface area contributed by atoms with Crippen LogP contribution in [0.3, 0.4) is 0 Å². The summed E-state index contributed by atoms with van der Waals surface area (Å²) in [4.78, 5) is 14.8. The molecule has 0 radical (unpaired) electrons. The molecule has 0 aliphatic carbocycles. The first kappa shape index (κ1) is 22.7. The van der Waals surface area contributed by atoms with Crippen molar-refractivity contribution in [3.63, 3.8) is 0 Å². The predicted molar refractivity (Wildman–Crippen MR) is 126 cm³/mol. The number of nitrogens with zero attached hydrogens (tertiary/aromatic N) is 5. The summed E-state index contributed by atoms with van der Waals surface area (Å²) in [5.74, 6) is 2.55. The average Bonchev–Trinajstić information content (AvgIpc) is 2.78. The lowest BCUT2D eigenvalue weighted by atomic mass is 10.1. The molecule has 1 atom stereocenters.